The Bertz CT molecular complexity index is 1960. The summed E-state index contributed by atoms with van der Waals surface area (Å²) in [6.45, 7) is 13.6. The molecule has 0 bridgehead atoms. The standard InChI is InChI=1S/C37H36N2/c1-24-28(36(3,4)22-32-34(24)26-16-12-14-20-30(26)38-32)18-10-8-7-9-11-19-29-25(2)35-27-17-13-15-21-31(27)39-33(35)23-37(29,5)6/h7-23,38H,1-6H3. The zero-order valence-electron chi connectivity index (χ0n) is 23.8. The van der Waals surface area contributed by atoms with E-state index in [1.807, 2.05) is 0 Å². The Balaban J connectivity index is 1.26. The lowest BCUT2D eigenvalue weighted by molar-refractivity contribution is 0.582. The lowest BCUT2D eigenvalue weighted by Crippen LogP contribution is -2.34. The van der Waals surface area contributed by atoms with E-state index in [0.29, 0.717) is 0 Å². The third-order valence-electron chi connectivity index (χ3n) is 8.32. The van der Waals surface area contributed by atoms with E-state index in [1.54, 1.807) is 0 Å². The minimum absolute atomic E-state index is 0.0440. The third-order valence-corrected chi connectivity index (χ3v) is 8.32. The van der Waals surface area contributed by atoms with Crippen molar-refractivity contribution in [1.29, 1.82) is 0 Å². The average Bonchev–Trinajstić information content (AvgIpc) is 3.43. The summed E-state index contributed by atoms with van der Waals surface area (Å²) in [5, 5.41) is 6.17. The van der Waals surface area contributed by atoms with Crippen molar-refractivity contribution in [2.75, 3.05) is 0 Å². The SMILES string of the molecule is CC1=C(C=CC=CC=CC=C2C(C)=c3c([nH]c4ccccc34)=CC2(C)C)C(C)(C)C=C2N=c3ccccc3=C21. The molecule has 2 nitrogen and oxygen atoms in total. The van der Waals surface area contributed by atoms with E-state index in [4.69, 9.17) is 4.99 Å². The first-order valence-electron chi connectivity index (χ1n) is 13.8. The second kappa shape index (κ2) is 9.24. The Morgan fingerprint density at radius 3 is 2.31 bits per heavy atom. The third kappa shape index (κ3) is 4.25. The highest BCUT2D eigenvalue weighted by atomic mass is 14.8. The number of allylic oxidation sites excluding steroid dienone is 11. The van der Waals surface area contributed by atoms with Gasteiger partial charge in [0.1, 0.15) is 0 Å². The van der Waals surface area contributed by atoms with Crippen LogP contribution in [0.25, 0.3) is 28.1 Å². The van der Waals surface area contributed by atoms with Crippen molar-refractivity contribution >= 4 is 28.1 Å². The Labute approximate surface area is 230 Å². The molecular weight excluding hydrogens is 472 g/mol. The molecule has 2 heteroatoms. The monoisotopic (exact) mass is 508 g/mol. The van der Waals surface area contributed by atoms with Crippen LogP contribution in [0.2, 0.25) is 0 Å². The zero-order chi connectivity index (χ0) is 27.4. The number of rotatable bonds is 4. The Hall–Kier alpha value is -4.17. The first-order chi connectivity index (χ1) is 18.7. The lowest BCUT2D eigenvalue weighted by atomic mass is 9.74. The van der Waals surface area contributed by atoms with Crippen molar-refractivity contribution in [1.82, 2.24) is 4.98 Å². The van der Waals surface area contributed by atoms with E-state index in [2.05, 4.69) is 150 Å². The smallest absolute Gasteiger partial charge is 0.0716 e. The van der Waals surface area contributed by atoms with Gasteiger partial charge in [0.2, 0.25) is 0 Å². The van der Waals surface area contributed by atoms with E-state index < -0.39 is 0 Å². The molecule has 3 aliphatic rings. The largest absolute Gasteiger partial charge is 0.355 e. The van der Waals surface area contributed by atoms with Crippen LogP contribution in [0.3, 0.4) is 0 Å². The summed E-state index contributed by atoms with van der Waals surface area (Å²) in [5.41, 5.74) is 8.81. The van der Waals surface area contributed by atoms with Gasteiger partial charge in [0.15, 0.2) is 0 Å². The lowest BCUT2D eigenvalue weighted by Gasteiger charge is -2.30. The van der Waals surface area contributed by atoms with Gasteiger partial charge < -0.3 is 4.98 Å². The van der Waals surface area contributed by atoms with Crippen LogP contribution in [0, 0.1) is 10.8 Å². The molecule has 0 atom stereocenters. The van der Waals surface area contributed by atoms with Gasteiger partial charge in [-0.3, -0.25) is 0 Å². The number of benzene rings is 2. The van der Waals surface area contributed by atoms with Gasteiger partial charge in [-0.05, 0) is 54.3 Å². The molecule has 39 heavy (non-hydrogen) atoms. The summed E-state index contributed by atoms with van der Waals surface area (Å²) in [6, 6.07) is 17.0. The Morgan fingerprint density at radius 1 is 0.744 bits per heavy atom. The van der Waals surface area contributed by atoms with Crippen LogP contribution in [0.4, 0.5) is 0 Å². The summed E-state index contributed by atoms with van der Waals surface area (Å²) in [5.74, 6) is 0. The topological polar surface area (TPSA) is 28.1 Å². The highest BCUT2D eigenvalue weighted by molar-refractivity contribution is 5.87. The Morgan fingerprint density at radius 2 is 1.46 bits per heavy atom. The molecule has 0 saturated heterocycles. The van der Waals surface area contributed by atoms with Crippen molar-refractivity contribution in [2.45, 2.75) is 41.5 Å². The zero-order valence-corrected chi connectivity index (χ0v) is 23.8. The number of aromatic amines is 1. The summed E-state index contributed by atoms with van der Waals surface area (Å²) in [6.07, 6.45) is 19.9. The fraction of sp³-hybridized carbons (Fsp3) is 0.216. The number of nitrogens with one attached hydrogen (secondary N) is 1. The van der Waals surface area contributed by atoms with E-state index in [1.165, 1.54) is 54.6 Å². The van der Waals surface area contributed by atoms with E-state index >= 15 is 0 Å². The first-order valence-corrected chi connectivity index (χ1v) is 13.8. The fourth-order valence-electron chi connectivity index (χ4n) is 6.55. The molecule has 0 fully saturated rings. The molecule has 1 N–H and O–H groups in total. The number of aromatic nitrogens is 1. The number of H-pyrrole nitrogens is 1. The predicted octanol–water partition coefficient (Wildman–Crippen LogP) is 6.48. The van der Waals surface area contributed by atoms with Crippen LogP contribution < -0.4 is 21.1 Å². The Kier molecular flexibility index (Phi) is 5.95. The van der Waals surface area contributed by atoms with Gasteiger partial charge in [-0.15, -0.1) is 0 Å². The second-order valence-electron chi connectivity index (χ2n) is 12.0. The highest BCUT2D eigenvalue weighted by Gasteiger charge is 2.31. The van der Waals surface area contributed by atoms with Gasteiger partial charge in [0.05, 0.1) is 11.1 Å². The van der Waals surface area contributed by atoms with Crippen LogP contribution in [-0.4, -0.2) is 4.98 Å². The van der Waals surface area contributed by atoms with Crippen molar-refractivity contribution in [2.24, 2.45) is 15.8 Å². The summed E-state index contributed by atoms with van der Waals surface area (Å²) < 4.78 is 0. The van der Waals surface area contributed by atoms with Crippen LogP contribution in [0.5, 0.6) is 0 Å². The maximum atomic E-state index is 4.89. The maximum Gasteiger partial charge on any atom is 0.0716 e. The van der Waals surface area contributed by atoms with E-state index in [-0.39, 0.29) is 10.8 Å². The second-order valence-corrected chi connectivity index (χ2v) is 12.0. The molecule has 6 rings (SSSR count). The molecular formula is C37H36N2. The average molecular weight is 509 g/mol. The predicted molar refractivity (Wildman–Crippen MR) is 166 cm³/mol. The van der Waals surface area contributed by atoms with Gasteiger partial charge >= 0.3 is 0 Å². The van der Waals surface area contributed by atoms with E-state index in [0.717, 1.165) is 11.1 Å². The summed E-state index contributed by atoms with van der Waals surface area (Å²) in [7, 11) is 0. The number of fused-ring (bicyclic) bond motifs is 5. The molecule has 194 valence electrons. The van der Waals surface area contributed by atoms with Gasteiger partial charge in [-0.25, -0.2) is 4.99 Å². The first kappa shape index (κ1) is 25.1. The molecule has 3 aromatic rings. The van der Waals surface area contributed by atoms with Crippen LogP contribution >= 0.6 is 0 Å². The van der Waals surface area contributed by atoms with Crippen molar-refractivity contribution < 1.29 is 0 Å². The number of hydrogen-bond donors (Lipinski definition) is 1. The minimum atomic E-state index is -0.0727. The quantitative estimate of drug-likeness (QED) is 0.391. The molecule has 0 saturated carbocycles. The molecule has 1 aliphatic heterocycles. The summed E-state index contributed by atoms with van der Waals surface area (Å²) >= 11 is 0. The molecule has 0 amide bonds. The van der Waals surface area contributed by atoms with Crippen molar-refractivity contribution in [3.8, 4) is 0 Å². The maximum absolute atomic E-state index is 4.89. The summed E-state index contributed by atoms with van der Waals surface area (Å²) in [4.78, 5) is 8.51. The van der Waals surface area contributed by atoms with Gasteiger partial charge in [0, 0.05) is 43.1 Å². The molecule has 2 aromatic carbocycles. The van der Waals surface area contributed by atoms with Crippen LogP contribution in [0.15, 0.2) is 125 Å². The molecule has 0 unspecified atom stereocenters. The number of para-hydroxylation sites is 2. The van der Waals surface area contributed by atoms with Crippen LogP contribution in [0.1, 0.15) is 41.5 Å². The molecule has 0 spiro atoms. The normalized spacial score (nSPS) is 20.6. The highest BCUT2D eigenvalue weighted by Crippen LogP contribution is 2.43. The number of hydrogen-bond acceptors (Lipinski definition) is 1. The molecule has 1 aromatic heterocycles. The number of nitrogens with zero attached hydrogens (tertiary/aromatic N) is 1. The minimum Gasteiger partial charge on any atom is -0.355 e. The molecule has 0 radical (unpaired) electrons. The van der Waals surface area contributed by atoms with Gasteiger partial charge in [-0.1, -0.05) is 113 Å². The fourth-order valence-corrected chi connectivity index (χ4v) is 6.55. The van der Waals surface area contributed by atoms with Crippen molar-refractivity contribution in [3.05, 3.63) is 141 Å². The van der Waals surface area contributed by atoms with Crippen molar-refractivity contribution in [3.63, 3.8) is 0 Å². The molecule has 2 heterocycles. The molecule has 2 aliphatic carbocycles. The van der Waals surface area contributed by atoms with Crippen LogP contribution in [-0.2, 0) is 0 Å². The van der Waals surface area contributed by atoms with Gasteiger partial charge in [0.25, 0.3) is 0 Å². The van der Waals surface area contributed by atoms with E-state index in [9.17, 15) is 0 Å². The van der Waals surface area contributed by atoms with Gasteiger partial charge in [-0.2, -0.15) is 0 Å².